The number of aliphatic hydroxyl groups excluding tert-OH is 1. The predicted octanol–water partition coefficient (Wildman–Crippen LogP) is 13.5. The van der Waals surface area contributed by atoms with Gasteiger partial charge in [0.25, 0.3) is 5.78 Å². The molecular weight excluding hydrogens is 1080 g/mol. The number of halogens is 11. The fourth-order valence-electron chi connectivity index (χ4n) is 5.43. The molecule has 4 aromatic carbocycles. The number of hydrogen-bond donors (Lipinski definition) is 3. The van der Waals surface area contributed by atoms with Crippen molar-refractivity contribution < 1.29 is 53.1 Å². The summed E-state index contributed by atoms with van der Waals surface area (Å²) in [5.74, 6) is 2.17. The van der Waals surface area contributed by atoms with Gasteiger partial charge in [0.1, 0.15) is 5.76 Å². The predicted molar refractivity (Wildman–Crippen MR) is 256 cm³/mol. The van der Waals surface area contributed by atoms with Gasteiger partial charge in [-0.3, -0.25) is 10.6 Å². The molecule has 4 N–H and O–H groups in total. The second-order valence-electron chi connectivity index (χ2n) is 13.5. The van der Waals surface area contributed by atoms with Gasteiger partial charge in [-0.25, -0.2) is 21.5 Å². The van der Waals surface area contributed by atoms with Gasteiger partial charge in [0.2, 0.25) is 0 Å². The molecule has 67 heavy (non-hydrogen) atoms. The Morgan fingerprint density at radius 3 is 1.72 bits per heavy atom. The first-order chi connectivity index (χ1) is 30.6. The Morgan fingerprint density at radius 1 is 0.701 bits per heavy atom. The van der Waals surface area contributed by atoms with Crippen LogP contribution >= 0.6 is 81.5 Å². The highest BCUT2D eigenvalue weighted by atomic mass is 35.5. The van der Waals surface area contributed by atoms with Gasteiger partial charge in [0.05, 0.1) is 46.7 Å². The van der Waals surface area contributed by atoms with Crippen molar-refractivity contribution in [3.05, 3.63) is 152 Å². The average molecular weight is 1110 g/mol. The molecule has 7 rings (SSSR count). The molecule has 0 unspecified atom stereocenters. The number of carbonyl (C=O) groups is 1. The number of nitrogen functional groups attached to an aromatic ring is 1. The molecule has 3 aromatic heterocycles. The molecule has 0 bridgehead atoms. The van der Waals surface area contributed by atoms with Crippen LogP contribution < -0.4 is 11.3 Å². The van der Waals surface area contributed by atoms with Gasteiger partial charge in [-0.15, -0.1) is 35.1 Å². The fraction of sp³-hybridized carbons (Fsp3) is 0.0952. The summed E-state index contributed by atoms with van der Waals surface area (Å²) >= 11 is 25.7. The average Bonchev–Trinajstić information content (AvgIpc) is 4.03. The summed E-state index contributed by atoms with van der Waals surface area (Å²) in [6.07, 6.45) is -7.43. The van der Waals surface area contributed by atoms with Crippen LogP contribution in [0.25, 0.3) is 42.9 Å². The lowest BCUT2D eigenvalue weighted by Gasteiger charge is -2.09. The van der Waals surface area contributed by atoms with Crippen LogP contribution in [-0.4, -0.2) is 56.2 Å². The fourth-order valence-corrected chi connectivity index (χ4v) is 9.40. The van der Waals surface area contributed by atoms with Crippen molar-refractivity contribution in [1.82, 2.24) is 9.78 Å². The zero-order chi connectivity index (χ0) is 48.9. The first kappa shape index (κ1) is 55.0. The van der Waals surface area contributed by atoms with Crippen LogP contribution in [0.5, 0.6) is 0 Å². The molecule has 0 aliphatic rings. The number of anilines is 1. The standard InChI is InChI=1S/C21H13Cl2F3N2O2S2.C15H11F3O4S2.C6H6Cl2N2.ClH/c1-32(29,30)14-4-2-3-12(9-14)18-7-8-19(31-18)17-11-20(21(24,25)26)27-28(17)16-10-13(22)5-6-15(16)23;1-24(21,22)10-4-2-3-9(7-10)12-5-6-13(23-12)11(19)8-14(20)15(16,17)18;7-4-1-2-5(8)6(3-4)10-9;/h2-11H,1H3;2-8,19H,1H3;1-3,10H,9H2;1H/b;11-8-;;. The zero-order valence-corrected chi connectivity index (χ0v) is 40.9. The van der Waals surface area contributed by atoms with E-state index in [1.807, 2.05) is 0 Å². The number of hydrazine groups is 1. The molecule has 0 saturated heterocycles. The minimum absolute atomic E-state index is 0. The van der Waals surface area contributed by atoms with E-state index in [0.29, 0.717) is 46.5 Å². The number of alkyl halides is 6. The molecule has 3 heterocycles. The number of nitrogens with two attached hydrogens (primary N) is 1. The van der Waals surface area contributed by atoms with E-state index in [1.54, 1.807) is 48.5 Å². The highest BCUT2D eigenvalue weighted by Crippen LogP contribution is 2.40. The van der Waals surface area contributed by atoms with Crippen LogP contribution in [0.1, 0.15) is 10.6 Å². The first-order valence-electron chi connectivity index (χ1n) is 18.0. The Balaban J connectivity index is 0.000000246. The number of nitrogens with one attached hydrogen (secondary N) is 1. The third kappa shape index (κ3) is 14.7. The summed E-state index contributed by atoms with van der Waals surface area (Å²) in [4.78, 5) is 12.9. The third-order valence-electron chi connectivity index (χ3n) is 8.58. The highest BCUT2D eigenvalue weighted by molar-refractivity contribution is 7.91. The smallest absolute Gasteiger partial charge is 0.454 e. The number of nitrogens with zero attached hydrogens (tertiary/aromatic N) is 2. The summed E-state index contributed by atoms with van der Waals surface area (Å²) in [6, 6.07) is 29.0. The van der Waals surface area contributed by atoms with E-state index in [1.165, 1.54) is 72.0 Å². The Kier molecular flexibility index (Phi) is 18.2. The van der Waals surface area contributed by atoms with Crippen molar-refractivity contribution >= 4 is 118 Å². The summed E-state index contributed by atoms with van der Waals surface area (Å²) < 4.78 is 125. The second-order valence-corrected chi connectivity index (χ2v) is 21.4. The summed E-state index contributed by atoms with van der Waals surface area (Å²) in [5.41, 5.74) is 3.53. The van der Waals surface area contributed by atoms with Gasteiger partial charge in [-0.05, 0) is 102 Å². The van der Waals surface area contributed by atoms with Crippen molar-refractivity contribution in [2.45, 2.75) is 22.1 Å². The van der Waals surface area contributed by atoms with Crippen molar-refractivity contribution in [1.29, 1.82) is 0 Å². The lowest BCUT2D eigenvalue weighted by atomic mass is 10.2. The Bertz CT molecular complexity index is 3180. The summed E-state index contributed by atoms with van der Waals surface area (Å²) in [6.45, 7) is 0. The third-order valence-corrected chi connectivity index (χ3v) is 14.2. The molecule has 0 radical (unpaired) electrons. The van der Waals surface area contributed by atoms with Gasteiger partial charge < -0.3 is 10.5 Å². The molecule has 0 amide bonds. The lowest BCUT2D eigenvalue weighted by Crippen LogP contribution is -2.20. The van der Waals surface area contributed by atoms with Crippen LogP contribution in [0.2, 0.25) is 20.1 Å². The van der Waals surface area contributed by atoms with Crippen LogP contribution in [0.15, 0.2) is 131 Å². The van der Waals surface area contributed by atoms with E-state index in [0.717, 1.165) is 34.6 Å². The van der Waals surface area contributed by atoms with Gasteiger partial charge in [-0.2, -0.15) is 31.4 Å². The van der Waals surface area contributed by atoms with Crippen LogP contribution in [0.3, 0.4) is 0 Å². The van der Waals surface area contributed by atoms with Gasteiger partial charge in [-0.1, -0.05) is 70.7 Å². The molecule has 0 atom stereocenters. The molecule has 0 spiro atoms. The number of ketones is 1. The summed E-state index contributed by atoms with van der Waals surface area (Å²) in [7, 11) is -6.81. The SMILES string of the molecule is CS(=O)(=O)c1cccc(-c2ccc(-c3cc(C(F)(F)F)nn3-c3cc(Cl)ccc3Cl)s2)c1.CS(=O)(=O)c1cccc(-c2ccc(/C(O)=C/C(=O)C(F)(F)F)s2)c1.Cl.NNc1cc(Cl)ccc1Cl. The molecule has 0 aliphatic heterocycles. The van der Waals surface area contributed by atoms with E-state index < -0.39 is 49.3 Å². The minimum Gasteiger partial charge on any atom is -0.506 e. The van der Waals surface area contributed by atoms with Crippen LogP contribution in [0, 0.1) is 0 Å². The molecule has 7 aromatic rings. The highest BCUT2D eigenvalue weighted by Gasteiger charge is 2.37. The number of hydrogen-bond acceptors (Lipinski definition) is 11. The van der Waals surface area contributed by atoms with Crippen molar-refractivity contribution in [3.8, 4) is 37.1 Å². The van der Waals surface area contributed by atoms with E-state index in [-0.39, 0.29) is 49.6 Å². The van der Waals surface area contributed by atoms with E-state index >= 15 is 0 Å². The Labute approximate surface area is 413 Å². The quantitative estimate of drug-likeness (QED) is 0.0420. The molecular formula is C42H31Cl5F6N4O6S4. The Hall–Kier alpha value is -4.61. The monoisotopic (exact) mass is 1100 g/mol. The molecule has 10 nitrogen and oxygen atoms in total. The topological polar surface area (TPSA) is 161 Å². The normalized spacial score (nSPS) is 12.0. The van der Waals surface area contributed by atoms with Crippen molar-refractivity contribution in [3.63, 3.8) is 0 Å². The van der Waals surface area contributed by atoms with Gasteiger partial charge in [0, 0.05) is 38.4 Å². The Morgan fingerprint density at radius 2 is 1.21 bits per heavy atom. The number of aromatic nitrogens is 2. The molecule has 0 fully saturated rings. The van der Waals surface area contributed by atoms with Gasteiger partial charge in [0.15, 0.2) is 25.4 Å². The number of benzene rings is 4. The summed E-state index contributed by atoms with van der Waals surface area (Å²) in [5, 5.41) is 15.0. The molecule has 356 valence electrons. The number of thiophene rings is 2. The van der Waals surface area contributed by atoms with E-state index in [4.69, 9.17) is 52.2 Å². The van der Waals surface area contributed by atoms with Crippen LogP contribution in [-0.2, 0) is 30.6 Å². The number of carbonyl (C=O) groups excluding carboxylic acids is 1. The molecule has 0 saturated carbocycles. The number of allylic oxidation sites excluding steroid dienone is 1. The first-order valence-corrected chi connectivity index (χ1v) is 25.0. The van der Waals surface area contributed by atoms with E-state index in [9.17, 15) is 53.1 Å². The largest absolute Gasteiger partial charge is 0.506 e. The van der Waals surface area contributed by atoms with Crippen molar-refractivity contribution in [2.24, 2.45) is 5.84 Å². The minimum atomic E-state index is -5.06. The van der Waals surface area contributed by atoms with Crippen LogP contribution in [0.4, 0.5) is 32.0 Å². The maximum absolute atomic E-state index is 13.4. The molecule has 25 heteroatoms. The number of aliphatic hydroxyl groups is 1. The maximum atomic E-state index is 13.4. The molecule has 0 aliphatic carbocycles. The second kappa shape index (κ2) is 22.2. The van der Waals surface area contributed by atoms with E-state index in [2.05, 4.69) is 10.5 Å². The van der Waals surface area contributed by atoms with Gasteiger partial charge >= 0.3 is 12.4 Å². The zero-order valence-electron chi connectivity index (χ0n) is 33.8. The number of rotatable bonds is 9. The lowest BCUT2D eigenvalue weighted by molar-refractivity contribution is -0.165. The number of sulfone groups is 2. The maximum Gasteiger partial charge on any atom is 0.454 e. The van der Waals surface area contributed by atoms with Crippen molar-refractivity contribution in [2.75, 3.05) is 17.9 Å².